The second kappa shape index (κ2) is 7.99. The van der Waals surface area contributed by atoms with Crippen LogP contribution < -0.4 is 4.90 Å². The Morgan fingerprint density at radius 3 is 2.67 bits per heavy atom. The number of hydrogen-bond donors (Lipinski definition) is 0. The topological polar surface area (TPSA) is 63.9 Å². The number of amides is 1. The summed E-state index contributed by atoms with van der Waals surface area (Å²) in [6.07, 6.45) is 3.51. The maximum Gasteiger partial charge on any atom is 0.280 e. The van der Waals surface area contributed by atoms with Crippen LogP contribution in [0, 0.1) is 20.8 Å². The summed E-state index contributed by atoms with van der Waals surface area (Å²) in [5.41, 5.74) is 5.61. The zero-order valence-electron chi connectivity index (χ0n) is 17.9. The van der Waals surface area contributed by atoms with Crippen LogP contribution in [0.1, 0.15) is 52.8 Å². The molecule has 0 N–H and O–H groups in total. The number of nitrogens with zero attached hydrogens (tertiary/aromatic N) is 5. The highest BCUT2D eigenvalue weighted by atomic mass is 32.1. The summed E-state index contributed by atoms with van der Waals surface area (Å²) >= 11 is 1.53. The van der Waals surface area contributed by atoms with Crippen LogP contribution >= 0.6 is 11.3 Å². The fourth-order valence-corrected chi connectivity index (χ4v) is 4.51. The number of fused-ring (bicyclic) bond motifs is 1. The van der Waals surface area contributed by atoms with Gasteiger partial charge in [0.2, 0.25) is 0 Å². The number of aromatic nitrogens is 4. The van der Waals surface area contributed by atoms with Gasteiger partial charge >= 0.3 is 0 Å². The van der Waals surface area contributed by atoms with Gasteiger partial charge in [-0.15, -0.1) is 0 Å². The summed E-state index contributed by atoms with van der Waals surface area (Å²) in [5.74, 6) is -0.158. The Labute approximate surface area is 180 Å². The molecule has 0 aliphatic carbocycles. The minimum Gasteiger partial charge on any atom is -0.278 e. The van der Waals surface area contributed by atoms with E-state index in [4.69, 9.17) is 4.98 Å². The monoisotopic (exact) mass is 419 g/mol. The van der Waals surface area contributed by atoms with Crippen molar-refractivity contribution in [3.63, 3.8) is 0 Å². The number of thiazole rings is 1. The highest BCUT2D eigenvalue weighted by Crippen LogP contribution is 2.33. The van der Waals surface area contributed by atoms with Crippen molar-refractivity contribution in [1.82, 2.24) is 19.7 Å². The summed E-state index contributed by atoms with van der Waals surface area (Å²) in [6.45, 7) is 10.6. The van der Waals surface area contributed by atoms with Crippen LogP contribution in [0.4, 0.5) is 5.13 Å². The third-order valence-corrected chi connectivity index (χ3v) is 6.29. The van der Waals surface area contributed by atoms with Gasteiger partial charge in [0.25, 0.3) is 5.91 Å². The third-order valence-electron chi connectivity index (χ3n) is 5.24. The van der Waals surface area contributed by atoms with Gasteiger partial charge in [-0.05, 0) is 69.5 Å². The lowest BCUT2D eigenvalue weighted by Gasteiger charge is -2.18. The third kappa shape index (κ3) is 3.73. The maximum atomic E-state index is 13.6. The zero-order chi connectivity index (χ0) is 21.4. The van der Waals surface area contributed by atoms with Crippen molar-refractivity contribution in [3.05, 3.63) is 70.8 Å². The second-order valence-electron chi connectivity index (χ2n) is 7.81. The van der Waals surface area contributed by atoms with Crippen LogP contribution in [-0.4, -0.2) is 25.7 Å². The molecular formula is C23H25N5OS. The Hall–Kier alpha value is -3.06. The molecule has 1 aromatic carbocycles. The number of anilines is 1. The molecule has 1 amide bonds. The number of hydrogen-bond acceptors (Lipinski definition) is 5. The van der Waals surface area contributed by atoms with Crippen molar-refractivity contribution < 1.29 is 4.79 Å². The molecule has 3 heterocycles. The number of carbonyl (C=O) groups is 1. The molecule has 4 aromatic rings. The first kappa shape index (κ1) is 20.2. The molecular weight excluding hydrogens is 394 g/mol. The summed E-state index contributed by atoms with van der Waals surface area (Å²) in [5, 5.41) is 5.24. The van der Waals surface area contributed by atoms with Crippen molar-refractivity contribution in [2.24, 2.45) is 0 Å². The highest BCUT2D eigenvalue weighted by Gasteiger charge is 2.25. The van der Waals surface area contributed by atoms with Crippen molar-refractivity contribution in [1.29, 1.82) is 0 Å². The molecule has 0 spiro atoms. The molecule has 6 nitrogen and oxygen atoms in total. The average molecular weight is 420 g/mol. The van der Waals surface area contributed by atoms with Crippen molar-refractivity contribution in [2.75, 3.05) is 4.90 Å². The van der Waals surface area contributed by atoms with Gasteiger partial charge in [-0.3, -0.25) is 19.4 Å². The molecule has 3 aromatic heterocycles. The van der Waals surface area contributed by atoms with E-state index in [1.165, 1.54) is 16.9 Å². The van der Waals surface area contributed by atoms with Crippen LogP contribution in [0.2, 0.25) is 0 Å². The number of pyridine rings is 1. The lowest BCUT2D eigenvalue weighted by atomic mass is 10.1. The summed E-state index contributed by atoms with van der Waals surface area (Å²) in [7, 11) is 0. The molecule has 0 saturated heterocycles. The van der Waals surface area contributed by atoms with E-state index in [-0.39, 0.29) is 11.9 Å². The lowest BCUT2D eigenvalue weighted by Crippen LogP contribution is -2.31. The Morgan fingerprint density at radius 1 is 1.20 bits per heavy atom. The van der Waals surface area contributed by atoms with E-state index in [0.717, 1.165) is 27.0 Å². The average Bonchev–Trinajstić information content (AvgIpc) is 3.33. The molecule has 0 unspecified atom stereocenters. The van der Waals surface area contributed by atoms with Gasteiger partial charge in [0.1, 0.15) is 0 Å². The van der Waals surface area contributed by atoms with Crippen molar-refractivity contribution in [2.45, 2.75) is 47.2 Å². The maximum absolute atomic E-state index is 13.6. The molecule has 30 heavy (non-hydrogen) atoms. The van der Waals surface area contributed by atoms with Gasteiger partial charge in [-0.2, -0.15) is 5.10 Å². The number of benzene rings is 1. The normalized spacial score (nSPS) is 11.4. The minimum absolute atomic E-state index is 0.158. The van der Waals surface area contributed by atoms with Crippen molar-refractivity contribution >= 4 is 32.6 Å². The smallest absolute Gasteiger partial charge is 0.278 e. The van der Waals surface area contributed by atoms with Gasteiger partial charge in [-0.1, -0.05) is 23.5 Å². The van der Waals surface area contributed by atoms with E-state index in [2.05, 4.69) is 49.9 Å². The predicted molar refractivity (Wildman–Crippen MR) is 121 cm³/mol. The fourth-order valence-electron chi connectivity index (χ4n) is 3.48. The summed E-state index contributed by atoms with van der Waals surface area (Å²) in [4.78, 5) is 24.3. The van der Waals surface area contributed by atoms with E-state index >= 15 is 0 Å². The van der Waals surface area contributed by atoms with E-state index < -0.39 is 0 Å². The number of rotatable bonds is 5. The first-order valence-electron chi connectivity index (χ1n) is 9.99. The molecule has 0 aliphatic rings. The van der Waals surface area contributed by atoms with Crippen LogP contribution in [0.25, 0.3) is 10.2 Å². The van der Waals surface area contributed by atoms with Gasteiger partial charge in [0.15, 0.2) is 10.8 Å². The largest absolute Gasteiger partial charge is 0.280 e. The fraction of sp³-hybridized carbons (Fsp3) is 0.304. The molecule has 0 fully saturated rings. The molecule has 4 rings (SSSR count). The SMILES string of the molecule is Cc1ccc2sc(N(Cc3cccnc3)C(=O)c3cc(C)n(C(C)C)n3)nc2c1C. The zero-order valence-corrected chi connectivity index (χ0v) is 18.7. The molecule has 0 saturated carbocycles. The molecule has 0 bridgehead atoms. The Bertz CT molecular complexity index is 1210. The van der Waals surface area contributed by atoms with E-state index in [0.29, 0.717) is 17.4 Å². The van der Waals surface area contributed by atoms with Crippen LogP contribution in [0.15, 0.2) is 42.7 Å². The van der Waals surface area contributed by atoms with Crippen LogP contribution in [0.5, 0.6) is 0 Å². The van der Waals surface area contributed by atoms with Gasteiger partial charge in [0, 0.05) is 24.1 Å². The van der Waals surface area contributed by atoms with Crippen molar-refractivity contribution in [3.8, 4) is 0 Å². The second-order valence-corrected chi connectivity index (χ2v) is 8.82. The first-order chi connectivity index (χ1) is 14.3. The van der Waals surface area contributed by atoms with E-state index in [1.54, 1.807) is 17.3 Å². The van der Waals surface area contributed by atoms with Crippen LogP contribution in [-0.2, 0) is 6.54 Å². The molecule has 154 valence electrons. The first-order valence-corrected chi connectivity index (χ1v) is 10.8. The lowest BCUT2D eigenvalue weighted by molar-refractivity contribution is 0.0979. The number of aryl methyl sites for hydroxylation is 3. The minimum atomic E-state index is -0.158. The molecule has 7 heteroatoms. The molecule has 0 atom stereocenters. The Morgan fingerprint density at radius 2 is 2.00 bits per heavy atom. The van der Waals surface area contributed by atoms with Gasteiger partial charge in [-0.25, -0.2) is 4.98 Å². The quantitative estimate of drug-likeness (QED) is 0.444. The molecule has 0 aliphatic heterocycles. The summed E-state index contributed by atoms with van der Waals surface area (Å²) < 4.78 is 2.95. The number of carbonyl (C=O) groups excluding carboxylic acids is 1. The Balaban J connectivity index is 1.79. The standard InChI is InChI=1S/C23H25N5OS/c1-14(2)28-16(4)11-19(26-28)22(29)27(13-18-7-6-10-24-12-18)23-25-21-17(5)15(3)8-9-20(21)30-23/h6-12,14H,13H2,1-5H3. The van der Waals surface area contributed by atoms with Crippen LogP contribution in [0.3, 0.4) is 0 Å². The molecule has 0 radical (unpaired) electrons. The van der Waals surface area contributed by atoms with Gasteiger partial charge < -0.3 is 0 Å². The predicted octanol–water partition coefficient (Wildman–Crippen LogP) is 5.24. The van der Waals surface area contributed by atoms with Gasteiger partial charge in [0.05, 0.1) is 16.8 Å². The van der Waals surface area contributed by atoms with E-state index in [9.17, 15) is 4.79 Å². The Kier molecular flexibility index (Phi) is 5.39. The van der Waals surface area contributed by atoms with E-state index in [1.807, 2.05) is 29.8 Å². The summed E-state index contributed by atoms with van der Waals surface area (Å²) in [6, 6.07) is 10.0. The highest BCUT2D eigenvalue weighted by molar-refractivity contribution is 7.22.